The van der Waals surface area contributed by atoms with Crippen molar-refractivity contribution in [2.75, 3.05) is 20.3 Å². The predicted octanol–water partition coefficient (Wildman–Crippen LogP) is 3.03. The number of urea groups is 1. The zero-order valence-corrected chi connectivity index (χ0v) is 17.7. The lowest BCUT2D eigenvalue weighted by atomic mass is 10.1. The molecule has 0 aliphatic rings. The average molecular weight is 445 g/mol. The Kier molecular flexibility index (Phi) is 8.55. The number of ether oxygens (including phenoxy) is 3. The Hall–Kier alpha value is -2.29. The largest absolute Gasteiger partial charge is 0.493 e. The molecule has 1 aromatic rings. The van der Waals surface area contributed by atoms with E-state index in [0.717, 1.165) is 6.42 Å². The van der Waals surface area contributed by atoms with E-state index in [0.29, 0.717) is 22.6 Å². The molecule has 9 heteroatoms. The fourth-order valence-corrected chi connectivity index (χ4v) is 2.49. The molecule has 0 unspecified atom stereocenters. The van der Waals surface area contributed by atoms with Crippen molar-refractivity contribution in [3.63, 3.8) is 0 Å². The minimum atomic E-state index is -0.737. The van der Waals surface area contributed by atoms with Crippen molar-refractivity contribution in [2.24, 2.45) is 0 Å². The van der Waals surface area contributed by atoms with Crippen molar-refractivity contribution in [1.82, 2.24) is 10.6 Å². The van der Waals surface area contributed by atoms with Gasteiger partial charge in [-0.2, -0.15) is 0 Å². The van der Waals surface area contributed by atoms with E-state index >= 15 is 0 Å². The van der Waals surface area contributed by atoms with Gasteiger partial charge < -0.3 is 19.5 Å². The quantitative estimate of drug-likeness (QED) is 0.626. The lowest BCUT2D eigenvalue weighted by molar-refractivity contribution is -0.123. The Balaban J connectivity index is 2.70. The highest BCUT2D eigenvalue weighted by Crippen LogP contribution is 2.36. The molecule has 27 heavy (non-hydrogen) atoms. The van der Waals surface area contributed by atoms with Crippen LogP contribution in [0.25, 0.3) is 0 Å². The van der Waals surface area contributed by atoms with Crippen molar-refractivity contribution in [3.05, 3.63) is 22.2 Å². The highest BCUT2D eigenvalue weighted by Gasteiger charge is 2.19. The van der Waals surface area contributed by atoms with E-state index in [1.807, 2.05) is 6.92 Å². The number of imide groups is 1. The number of methoxy groups -OCH3 is 1. The molecule has 0 saturated heterocycles. The third-order valence-corrected chi connectivity index (χ3v) is 3.58. The molecule has 150 valence electrons. The number of hydrogen-bond acceptors (Lipinski definition) is 6. The molecule has 8 nitrogen and oxygen atoms in total. The molecular weight excluding hydrogens is 420 g/mol. The second kappa shape index (κ2) is 10.1. The van der Waals surface area contributed by atoms with Crippen molar-refractivity contribution < 1.29 is 28.6 Å². The van der Waals surface area contributed by atoms with Crippen molar-refractivity contribution in [2.45, 2.75) is 39.7 Å². The van der Waals surface area contributed by atoms with Crippen molar-refractivity contribution >= 4 is 33.8 Å². The summed E-state index contributed by atoms with van der Waals surface area (Å²) in [5.74, 6) is -0.632. The SMILES string of the molecule is CCCOc1c(Br)cc(C(=O)OCC(=O)NC(=O)NC(C)(C)C)cc1OC. The molecule has 0 heterocycles. The fourth-order valence-electron chi connectivity index (χ4n) is 1.93. The summed E-state index contributed by atoms with van der Waals surface area (Å²) in [4.78, 5) is 35.5. The van der Waals surface area contributed by atoms with Gasteiger partial charge in [-0.15, -0.1) is 0 Å². The zero-order valence-electron chi connectivity index (χ0n) is 16.1. The lowest BCUT2D eigenvalue weighted by Crippen LogP contribution is -2.49. The van der Waals surface area contributed by atoms with E-state index in [2.05, 4.69) is 26.6 Å². The molecule has 3 amide bonds. The predicted molar refractivity (Wildman–Crippen MR) is 103 cm³/mol. The second-order valence-corrected chi connectivity index (χ2v) is 7.52. The van der Waals surface area contributed by atoms with Gasteiger partial charge in [0.25, 0.3) is 5.91 Å². The molecule has 0 aliphatic heterocycles. The highest BCUT2D eigenvalue weighted by molar-refractivity contribution is 9.10. The van der Waals surface area contributed by atoms with Gasteiger partial charge in [0, 0.05) is 5.54 Å². The van der Waals surface area contributed by atoms with Gasteiger partial charge in [0.2, 0.25) is 0 Å². The van der Waals surface area contributed by atoms with Crippen LogP contribution in [-0.2, 0) is 9.53 Å². The summed E-state index contributed by atoms with van der Waals surface area (Å²) in [5.41, 5.74) is -0.319. The molecule has 0 fully saturated rings. The summed E-state index contributed by atoms with van der Waals surface area (Å²) < 4.78 is 16.3. The monoisotopic (exact) mass is 444 g/mol. The summed E-state index contributed by atoms with van der Waals surface area (Å²) in [5, 5.41) is 4.66. The summed E-state index contributed by atoms with van der Waals surface area (Å²) >= 11 is 3.33. The number of amides is 3. The van der Waals surface area contributed by atoms with Gasteiger partial charge in [-0.25, -0.2) is 9.59 Å². The number of hydrogen-bond donors (Lipinski definition) is 2. The first-order valence-electron chi connectivity index (χ1n) is 8.36. The van der Waals surface area contributed by atoms with Crippen LogP contribution in [0.1, 0.15) is 44.5 Å². The van der Waals surface area contributed by atoms with Gasteiger partial charge in [0.1, 0.15) is 0 Å². The van der Waals surface area contributed by atoms with Gasteiger partial charge in [-0.05, 0) is 55.3 Å². The molecule has 1 rings (SSSR count). The van der Waals surface area contributed by atoms with E-state index in [1.54, 1.807) is 20.8 Å². The molecule has 1 aromatic carbocycles. The Morgan fingerprint density at radius 2 is 1.85 bits per heavy atom. The standard InChI is InChI=1S/C18H25BrN2O6/c1-6-7-26-15-12(19)8-11(9-13(15)25-5)16(23)27-10-14(22)20-17(24)21-18(2,3)4/h8-9H,6-7,10H2,1-5H3,(H2,20,21,22,24). The summed E-state index contributed by atoms with van der Waals surface area (Å²) in [6, 6.07) is 2.31. The number of rotatable bonds is 7. The molecule has 0 aliphatic carbocycles. The molecule has 2 N–H and O–H groups in total. The fraction of sp³-hybridized carbons (Fsp3) is 0.500. The van der Waals surface area contributed by atoms with Crippen LogP contribution in [0.3, 0.4) is 0 Å². The van der Waals surface area contributed by atoms with Crippen LogP contribution in [0.4, 0.5) is 4.79 Å². The summed E-state index contributed by atoms with van der Waals surface area (Å²) in [7, 11) is 1.46. The van der Waals surface area contributed by atoms with E-state index in [1.165, 1.54) is 19.2 Å². The number of benzene rings is 1. The van der Waals surface area contributed by atoms with Crippen LogP contribution in [-0.4, -0.2) is 43.8 Å². The van der Waals surface area contributed by atoms with E-state index in [-0.39, 0.29) is 5.56 Å². The van der Waals surface area contributed by atoms with Crippen molar-refractivity contribution in [3.8, 4) is 11.5 Å². The van der Waals surface area contributed by atoms with Crippen LogP contribution in [0.15, 0.2) is 16.6 Å². The number of carbonyl (C=O) groups excluding carboxylic acids is 3. The number of esters is 1. The lowest BCUT2D eigenvalue weighted by Gasteiger charge is -2.20. The maximum absolute atomic E-state index is 12.2. The molecule has 0 saturated carbocycles. The third kappa shape index (κ3) is 7.86. The van der Waals surface area contributed by atoms with Crippen LogP contribution in [0.2, 0.25) is 0 Å². The smallest absolute Gasteiger partial charge is 0.338 e. The molecule has 0 spiro atoms. The first-order chi connectivity index (χ1) is 12.6. The zero-order chi connectivity index (χ0) is 20.6. The third-order valence-electron chi connectivity index (χ3n) is 2.99. The van der Waals surface area contributed by atoms with E-state index < -0.39 is 30.1 Å². The van der Waals surface area contributed by atoms with E-state index in [9.17, 15) is 14.4 Å². The molecule has 0 bridgehead atoms. The minimum Gasteiger partial charge on any atom is -0.493 e. The molecule has 0 aromatic heterocycles. The van der Waals surface area contributed by atoms with Gasteiger partial charge in [0.15, 0.2) is 18.1 Å². The van der Waals surface area contributed by atoms with E-state index in [4.69, 9.17) is 14.2 Å². The minimum absolute atomic E-state index is 0.175. The van der Waals surface area contributed by atoms with Crippen LogP contribution >= 0.6 is 15.9 Å². The maximum atomic E-state index is 12.2. The van der Waals surface area contributed by atoms with Crippen LogP contribution in [0, 0.1) is 0 Å². The van der Waals surface area contributed by atoms with Gasteiger partial charge in [-0.3, -0.25) is 10.1 Å². The summed E-state index contributed by atoms with van der Waals surface area (Å²) in [6.07, 6.45) is 0.817. The second-order valence-electron chi connectivity index (χ2n) is 6.67. The number of halogens is 1. The highest BCUT2D eigenvalue weighted by atomic mass is 79.9. The first-order valence-corrected chi connectivity index (χ1v) is 9.16. The Labute approximate surface area is 167 Å². The molecule has 0 atom stereocenters. The Bertz CT molecular complexity index is 700. The number of nitrogens with one attached hydrogen (secondary N) is 2. The van der Waals surface area contributed by atoms with Gasteiger partial charge >= 0.3 is 12.0 Å². The summed E-state index contributed by atoms with van der Waals surface area (Å²) in [6.45, 7) is 7.20. The number of carbonyl (C=O) groups is 3. The maximum Gasteiger partial charge on any atom is 0.338 e. The topological polar surface area (TPSA) is 103 Å². The van der Waals surface area contributed by atoms with Crippen LogP contribution in [0.5, 0.6) is 11.5 Å². The molecule has 0 radical (unpaired) electrons. The molecular formula is C18H25BrN2O6. The van der Waals surface area contributed by atoms with Gasteiger partial charge in [0.05, 0.1) is 23.8 Å². The van der Waals surface area contributed by atoms with Gasteiger partial charge in [-0.1, -0.05) is 6.92 Å². The first kappa shape index (κ1) is 22.8. The van der Waals surface area contributed by atoms with Crippen LogP contribution < -0.4 is 20.1 Å². The Morgan fingerprint density at radius 3 is 2.41 bits per heavy atom. The Morgan fingerprint density at radius 1 is 1.19 bits per heavy atom. The van der Waals surface area contributed by atoms with Crippen molar-refractivity contribution in [1.29, 1.82) is 0 Å². The normalized spacial score (nSPS) is 10.7. The average Bonchev–Trinajstić information content (AvgIpc) is 2.56.